The lowest BCUT2D eigenvalue weighted by molar-refractivity contribution is -0.159. The van der Waals surface area contributed by atoms with Crippen molar-refractivity contribution >= 4 is 17.8 Å². The summed E-state index contributed by atoms with van der Waals surface area (Å²) < 4.78 is 10.4. The van der Waals surface area contributed by atoms with Crippen LogP contribution in [0, 0.1) is 0 Å². The van der Waals surface area contributed by atoms with E-state index in [0.717, 1.165) is 38.5 Å². The second-order valence-electron chi connectivity index (χ2n) is 6.01. The van der Waals surface area contributed by atoms with Crippen molar-refractivity contribution in [2.75, 3.05) is 33.3 Å². The summed E-state index contributed by atoms with van der Waals surface area (Å²) >= 11 is 0. The first-order valence-corrected chi connectivity index (χ1v) is 8.55. The van der Waals surface area contributed by atoms with Gasteiger partial charge in [0.05, 0.1) is 13.4 Å². The average Bonchev–Trinajstić information content (AvgIpc) is 3.23. The Balaban J connectivity index is 0.000000409. The number of ether oxygens (including phenoxy) is 1. The second-order valence-corrected chi connectivity index (χ2v) is 6.01. The topological polar surface area (TPSA) is 121 Å². The minimum absolute atomic E-state index is 0.0222. The number of carboxylic acids is 2. The standard InChI is InChI=1S/C17H20N2O3.C2H2O4/c1-21-15-5-2-4-14(12-15)13-18-7-9-19(10-8-18)17(20)16-6-3-11-22-16;3-1(4)2(5)6/h2-6,11-12H,7-10,13H2,1H3;(H,3,4)(H,5,6). The molecule has 0 unspecified atom stereocenters. The summed E-state index contributed by atoms with van der Waals surface area (Å²) in [7, 11) is 1.68. The van der Waals surface area contributed by atoms with Crippen LogP contribution in [0.3, 0.4) is 0 Å². The molecule has 1 aliphatic heterocycles. The Labute approximate surface area is 161 Å². The van der Waals surface area contributed by atoms with Gasteiger partial charge in [-0.3, -0.25) is 9.69 Å². The Morgan fingerprint density at radius 3 is 2.25 bits per heavy atom. The van der Waals surface area contributed by atoms with Gasteiger partial charge in [-0.05, 0) is 29.8 Å². The first kappa shape index (κ1) is 21.0. The van der Waals surface area contributed by atoms with Crippen LogP contribution in [0.25, 0.3) is 0 Å². The second kappa shape index (κ2) is 10.1. The summed E-state index contributed by atoms with van der Waals surface area (Å²) in [4.78, 5) is 34.6. The van der Waals surface area contributed by atoms with Crippen LogP contribution in [0.15, 0.2) is 47.1 Å². The lowest BCUT2D eigenvalue weighted by Gasteiger charge is -2.34. The van der Waals surface area contributed by atoms with Gasteiger partial charge in [0.1, 0.15) is 5.75 Å². The van der Waals surface area contributed by atoms with E-state index in [4.69, 9.17) is 29.0 Å². The number of hydrogen-bond acceptors (Lipinski definition) is 6. The summed E-state index contributed by atoms with van der Waals surface area (Å²) in [6.45, 7) is 4.06. The molecule has 0 saturated carbocycles. The van der Waals surface area contributed by atoms with Crippen LogP contribution >= 0.6 is 0 Å². The van der Waals surface area contributed by atoms with Crippen LogP contribution in [0.5, 0.6) is 5.75 Å². The Bertz CT molecular complexity index is 784. The number of benzene rings is 1. The van der Waals surface area contributed by atoms with E-state index >= 15 is 0 Å². The Morgan fingerprint density at radius 2 is 1.71 bits per heavy atom. The number of piperazine rings is 1. The molecule has 1 fully saturated rings. The van der Waals surface area contributed by atoms with Gasteiger partial charge < -0.3 is 24.3 Å². The van der Waals surface area contributed by atoms with E-state index in [0.29, 0.717) is 5.76 Å². The van der Waals surface area contributed by atoms with Crippen LogP contribution in [0.4, 0.5) is 0 Å². The minimum atomic E-state index is -1.82. The van der Waals surface area contributed by atoms with Gasteiger partial charge in [0.25, 0.3) is 5.91 Å². The third-order valence-electron chi connectivity index (χ3n) is 4.11. The molecule has 1 saturated heterocycles. The van der Waals surface area contributed by atoms with Crippen LogP contribution in [0.1, 0.15) is 16.1 Å². The third-order valence-corrected chi connectivity index (χ3v) is 4.11. The monoisotopic (exact) mass is 390 g/mol. The summed E-state index contributed by atoms with van der Waals surface area (Å²) in [5, 5.41) is 14.8. The molecule has 0 radical (unpaired) electrons. The number of furan rings is 1. The molecule has 150 valence electrons. The molecule has 0 atom stereocenters. The first-order valence-electron chi connectivity index (χ1n) is 8.55. The van der Waals surface area contributed by atoms with Gasteiger partial charge >= 0.3 is 11.9 Å². The molecule has 1 aromatic heterocycles. The molecule has 3 rings (SSSR count). The number of amides is 1. The van der Waals surface area contributed by atoms with Gasteiger partial charge in [-0.1, -0.05) is 12.1 Å². The molecular weight excluding hydrogens is 368 g/mol. The van der Waals surface area contributed by atoms with Crippen molar-refractivity contribution in [3.05, 3.63) is 54.0 Å². The summed E-state index contributed by atoms with van der Waals surface area (Å²) in [6.07, 6.45) is 1.53. The first-order chi connectivity index (χ1) is 13.4. The van der Waals surface area contributed by atoms with Crippen LogP contribution in [-0.4, -0.2) is 71.1 Å². The van der Waals surface area contributed by atoms with E-state index in [1.165, 1.54) is 11.8 Å². The van der Waals surface area contributed by atoms with Crippen molar-refractivity contribution < 1.29 is 33.8 Å². The molecule has 2 aromatic rings. The smallest absolute Gasteiger partial charge is 0.414 e. The number of carboxylic acid groups (broad SMARTS) is 2. The lowest BCUT2D eigenvalue weighted by Crippen LogP contribution is -2.48. The molecule has 2 heterocycles. The van der Waals surface area contributed by atoms with Crippen molar-refractivity contribution in [3.63, 3.8) is 0 Å². The fraction of sp³-hybridized carbons (Fsp3) is 0.316. The molecule has 2 N–H and O–H groups in total. The molecule has 9 heteroatoms. The number of methoxy groups -OCH3 is 1. The van der Waals surface area contributed by atoms with Gasteiger partial charge in [-0.2, -0.15) is 0 Å². The summed E-state index contributed by atoms with van der Waals surface area (Å²) in [5.41, 5.74) is 1.23. The maximum atomic E-state index is 12.2. The maximum absolute atomic E-state index is 12.2. The largest absolute Gasteiger partial charge is 0.497 e. The number of aliphatic carboxylic acids is 2. The molecule has 1 amide bonds. The highest BCUT2D eigenvalue weighted by atomic mass is 16.5. The number of carbonyl (C=O) groups is 3. The fourth-order valence-electron chi connectivity index (χ4n) is 2.69. The summed E-state index contributed by atoms with van der Waals surface area (Å²) in [6, 6.07) is 11.6. The van der Waals surface area contributed by atoms with E-state index in [-0.39, 0.29) is 5.91 Å². The zero-order chi connectivity index (χ0) is 20.5. The van der Waals surface area contributed by atoms with Gasteiger partial charge in [0.15, 0.2) is 5.76 Å². The molecule has 9 nitrogen and oxygen atoms in total. The highest BCUT2D eigenvalue weighted by Crippen LogP contribution is 2.16. The van der Waals surface area contributed by atoms with Crippen molar-refractivity contribution in [1.29, 1.82) is 0 Å². The predicted octanol–water partition coefficient (Wildman–Crippen LogP) is 1.40. The van der Waals surface area contributed by atoms with Gasteiger partial charge in [0, 0.05) is 32.7 Å². The van der Waals surface area contributed by atoms with Crippen molar-refractivity contribution in [2.24, 2.45) is 0 Å². The number of rotatable bonds is 4. The highest BCUT2D eigenvalue weighted by Gasteiger charge is 2.23. The Morgan fingerprint density at radius 1 is 1.04 bits per heavy atom. The number of nitrogens with zero attached hydrogens (tertiary/aromatic N) is 2. The van der Waals surface area contributed by atoms with E-state index in [1.807, 2.05) is 17.0 Å². The average molecular weight is 390 g/mol. The van der Waals surface area contributed by atoms with Gasteiger partial charge in [-0.25, -0.2) is 9.59 Å². The highest BCUT2D eigenvalue weighted by molar-refractivity contribution is 6.27. The van der Waals surface area contributed by atoms with E-state index in [1.54, 1.807) is 19.2 Å². The van der Waals surface area contributed by atoms with Crippen molar-refractivity contribution in [2.45, 2.75) is 6.54 Å². The zero-order valence-electron chi connectivity index (χ0n) is 15.4. The van der Waals surface area contributed by atoms with Gasteiger partial charge in [0.2, 0.25) is 0 Å². The van der Waals surface area contributed by atoms with Crippen LogP contribution in [-0.2, 0) is 16.1 Å². The molecular formula is C19H22N2O7. The molecule has 0 spiro atoms. The van der Waals surface area contributed by atoms with Crippen LogP contribution in [0.2, 0.25) is 0 Å². The number of carbonyl (C=O) groups excluding carboxylic acids is 1. The van der Waals surface area contributed by atoms with Crippen molar-refractivity contribution in [1.82, 2.24) is 9.80 Å². The Hall–Kier alpha value is -3.33. The van der Waals surface area contributed by atoms with Crippen molar-refractivity contribution in [3.8, 4) is 5.75 Å². The molecule has 0 bridgehead atoms. The molecule has 1 aromatic carbocycles. The Kier molecular flexibility index (Phi) is 7.58. The quantitative estimate of drug-likeness (QED) is 0.752. The zero-order valence-corrected chi connectivity index (χ0v) is 15.4. The predicted molar refractivity (Wildman–Crippen MR) is 98.2 cm³/mol. The SMILES string of the molecule is COc1cccc(CN2CCN(C(=O)c3ccco3)CC2)c1.O=C(O)C(=O)O. The normalized spacial score (nSPS) is 14.0. The number of hydrogen-bond donors (Lipinski definition) is 2. The van der Waals surface area contributed by atoms with E-state index in [2.05, 4.69) is 17.0 Å². The molecule has 0 aliphatic carbocycles. The maximum Gasteiger partial charge on any atom is 0.414 e. The van der Waals surface area contributed by atoms with E-state index in [9.17, 15) is 4.79 Å². The van der Waals surface area contributed by atoms with Crippen LogP contribution < -0.4 is 4.74 Å². The molecule has 28 heavy (non-hydrogen) atoms. The van der Waals surface area contributed by atoms with Gasteiger partial charge in [-0.15, -0.1) is 0 Å². The molecule has 1 aliphatic rings. The lowest BCUT2D eigenvalue weighted by atomic mass is 10.2. The fourth-order valence-corrected chi connectivity index (χ4v) is 2.69. The van der Waals surface area contributed by atoms with E-state index < -0.39 is 11.9 Å². The summed E-state index contributed by atoms with van der Waals surface area (Å²) in [5.74, 6) is -2.37. The third kappa shape index (κ3) is 6.13. The minimum Gasteiger partial charge on any atom is -0.497 e.